The number of ether oxygens (including phenoxy) is 1. The van der Waals surface area contributed by atoms with E-state index in [4.69, 9.17) is 27.9 Å². The van der Waals surface area contributed by atoms with Gasteiger partial charge in [0.1, 0.15) is 5.75 Å². The van der Waals surface area contributed by atoms with Crippen molar-refractivity contribution in [1.29, 1.82) is 0 Å². The maximum atomic E-state index is 12.2. The van der Waals surface area contributed by atoms with E-state index >= 15 is 0 Å². The van der Waals surface area contributed by atoms with Crippen LogP contribution in [0.5, 0.6) is 5.75 Å². The summed E-state index contributed by atoms with van der Waals surface area (Å²) in [5, 5.41) is 3.44. The normalized spacial score (nSPS) is 12.5. The van der Waals surface area contributed by atoms with Gasteiger partial charge in [-0.3, -0.25) is 4.79 Å². The van der Waals surface area contributed by atoms with Gasteiger partial charge < -0.3 is 10.1 Å². The summed E-state index contributed by atoms with van der Waals surface area (Å²) >= 11 is 11.8. The zero-order valence-corrected chi connectivity index (χ0v) is 16.0. The first kappa shape index (κ1) is 19.6. The van der Waals surface area contributed by atoms with E-state index in [0.717, 1.165) is 0 Å². The molecule has 0 spiro atoms. The van der Waals surface area contributed by atoms with Gasteiger partial charge in [0.2, 0.25) is 0 Å². The lowest BCUT2D eigenvalue weighted by Crippen LogP contribution is -2.30. The molecule has 0 aliphatic carbocycles. The highest BCUT2D eigenvalue weighted by atomic mass is 35.5. The molecule has 8 heteroatoms. The fourth-order valence-electron chi connectivity index (χ4n) is 1.97. The van der Waals surface area contributed by atoms with Gasteiger partial charge in [0.15, 0.2) is 15.9 Å². The molecule has 2 aromatic carbocycles. The first-order chi connectivity index (χ1) is 11.7. The molecule has 1 atom stereocenters. The lowest BCUT2D eigenvalue weighted by atomic mass is 10.3. The molecule has 2 aromatic rings. The quantitative estimate of drug-likeness (QED) is 0.787. The molecule has 0 heterocycles. The summed E-state index contributed by atoms with van der Waals surface area (Å²) < 4.78 is 29.1. The SMILES string of the molecule is CCS(=O)(=O)c1ccc(NC(=O)C(C)Oc2ccc(Cl)cc2Cl)cc1. The second kappa shape index (κ2) is 8.08. The summed E-state index contributed by atoms with van der Waals surface area (Å²) in [4.78, 5) is 12.4. The van der Waals surface area contributed by atoms with Gasteiger partial charge in [-0.05, 0) is 49.4 Å². The van der Waals surface area contributed by atoms with Crippen molar-refractivity contribution in [2.75, 3.05) is 11.1 Å². The summed E-state index contributed by atoms with van der Waals surface area (Å²) in [6.45, 7) is 3.15. The number of amides is 1. The van der Waals surface area contributed by atoms with Crippen molar-refractivity contribution in [2.45, 2.75) is 24.8 Å². The summed E-state index contributed by atoms with van der Waals surface area (Å²) in [6.07, 6.45) is -0.808. The highest BCUT2D eigenvalue weighted by Crippen LogP contribution is 2.28. The molecule has 0 saturated carbocycles. The van der Waals surface area contributed by atoms with Gasteiger partial charge in [0.25, 0.3) is 5.91 Å². The van der Waals surface area contributed by atoms with Crippen LogP contribution in [0.2, 0.25) is 10.0 Å². The Labute approximate surface area is 156 Å². The molecule has 5 nitrogen and oxygen atoms in total. The number of sulfone groups is 1. The number of rotatable bonds is 6. The summed E-state index contributed by atoms with van der Waals surface area (Å²) in [5.74, 6) is -0.0268. The van der Waals surface area contributed by atoms with Crippen molar-refractivity contribution in [1.82, 2.24) is 0 Å². The van der Waals surface area contributed by atoms with Crippen LogP contribution in [0.3, 0.4) is 0 Å². The Morgan fingerprint density at radius 3 is 2.36 bits per heavy atom. The predicted octanol–water partition coefficient (Wildman–Crippen LogP) is 4.19. The Bertz CT molecular complexity index is 867. The van der Waals surface area contributed by atoms with Crippen LogP contribution in [0.4, 0.5) is 5.69 Å². The van der Waals surface area contributed by atoms with Crippen LogP contribution >= 0.6 is 23.2 Å². The van der Waals surface area contributed by atoms with E-state index in [0.29, 0.717) is 21.5 Å². The van der Waals surface area contributed by atoms with Gasteiger partial charge in [-0.2, -0.15) is 0 Å². The molecule has 25 heavy (non-hydrogen) atoms. The standard InChI is InChI=1S/C17H17Cl2NO4S/c1-3-25(22,23)14-7-5-13(6-8-14)20-17(21)11(2)24-16-9-4-12(18)10-15(16)19/h4-11H,3H2,1-2H3,(H,20,21). The number of nitrogens with one attached hydrogen (secondary N) is 1. The lowest BCUT2D eigenvalue weighted by Gasteiger charge is -2.16. The third-order valence-electron chi connectivity index (χ3n) is 3.43. The van der Waals surface area contributed by atoms with Gasteiger partial charge in [-0.1, -0.05) is 30.1 Å². The predicted molar refractivity (Wildman–Crippen MR) is 99.4 cm³/mol. The maximum absolute atomic E-state index is 12.2. The molecule has 0 aliphatic heterocycles. The van der Waals surface area contributed by atoms with Crippen molar-refractivity contribution in [3.05, 3.63) is 52.5 Å². The number of hydrogen-bond acceptors (Lipinski definition) is 4. The Kier molecular flexibility index (Phi) is 6.32. The molecule has 134 valence electrons. The highest BCUT2D eigenvalue weighted by molar-refractivity contribution is 7.91. The monoisotopic (exact) mass is 401 g/mol. The van der Waals surface area contributed by atoms with Crippen molar-refractivity contribution < 1.29 is 17.9 Å². The van der Waals surface area contributed by atoms with E-state index in [-0.39, 0.29) is 10.6 Å². The van der Waals surface area contributed by atoms with Gasteiger partial charge in [-0.25, -0.2) is 8.42 Å². The van der Waals surface area contributed by atoms with Crippen molar-refractivity contribution in [3.63, 3.8) is 0 Å². The Hall–Kier alpha value is -1.76. The molecule has 0 radical (unpaired) electrons. The second-order valence-corrected chi connectivity index (χ2v) is 8.37. The first-order valence-corrected chi connectivity index (χ1v) is 9.89. The molecule has 1 amide bonds. The number of carbonyl (C=O) groups is 1. The van der Waals surface area contributed by atoms with E-state index in [1.165, 1.54) is 30.3 Å². The Balaban J connectivity index is 2.03. The molecule has 0 saturated heterocycles. The number of carbonyl (C=O) groups excluding carboxylic acids is 1. The van der Waals surface area contributed by atoms with Crippen molar-refractivity contribution in [2.24, 2.45) is 0 Å². The van der Waals surface area contributed by atoms with Gasteiger partial charge in [0.05, 0.1) is 15.7 Å². The molecular weight excluding hydrogens is 385 g/mol. The summed E-state index contributed by atoms with van der Waals surface area (Å²) in [7, 11) is -3.27. The van der Waals surface area contributed by atoms with Crippen molar-refractivity contribution >= 4 is 44.6 Å². The molecule has 2 rings (SSSR count). The third-order valence-corrected chi connectivity index (χ3v) is 5.71. The maximum Gasteiger partial charge on any atom is 0.265 e. The third kappa shape index (κ3) is 5.11. The largest absolute Gasteiger partial charge is 0.479 e. The smallest absolute Gasteiger partial charge is 0.265 e. The minimum absolute atomic E-state index is 0.0193. The molecule has 0 aromatic heterocycles. The fraction of sp³-hybridized carbons (Fsp3) is 0.235. The number of halogens is 2. The molecule has 1 N–H and O–H groups in total. The first-order valence-electron chi connectivity index (χ1n) is 7.48. The van der Waals surface area contributed by atoms with E-state index in [9.17, 15) is 13.2 Å². The Morgan fingerprint density at radius 1 is 1.16 bits per heavy atom. The van der Waals surface area contributed by atoms with E-state index in [1.807, 2.05) is 0 Å². The number of benzene rings is 2. The molecular formula is C17H17Cl2NO4S. The zero-order chi connectivity index (χ0) is 18.6. The summed E-state index contributed by atoms with van der Waals surface area (Å²) in [6, 6.07) is 10.7. The van der Waals surface area contributed by atoms with Crippen LogP contribution in [0.1, 0.15) is 13.8 Å². The molecule has 0 fully saturated rings. The summed E-state index contributed by atoms with van der Waals surface area (Å²) in [5.41, 5.74) is 0.470. The highest BCUT2D eigenvalue weighted by Gasteiger charge is 2.17. The average Bonchev–Trinajstić information content (AvgIpc) is 2.57. The minimum Gasteiger partial charge on any atom is -0.479 e. The molecule has 1 unspecified atom stereocenters. The van der Waals surface area contributed by atoms with Crippen LogP contribution in [0.25, 0.3) is 0 Å². The van der Waals surface area contributed by atoms with E-state index < -0.39 is 21.8 Å². The average molecular weight is 402 g/mol. The lowest BCUT2D eigenvalue weighted by molar-refractivity contribution is -0.122. The van der Waals surface area contributed by atoms with Crippen LogP contribution < -0.4 is 10.1 Å². The van der Waals surface area contributed by atoms with Crippen LogP contribution in [0.15, 0.2) is 47.4 Å². The second-order valence-electron chi connectivity index (χ2n) is 5.25. The van der Waals surface area contributed by atoms with Crippen molar-refractivity contribution in [3.8, 4) is 5.75 Å². The van der Waals surface area contributed by atoms with E-state index in [1.54, 1.807) is 26.0 Å². The van der Waals surface area contributed by atoms with Crippen LogP contribution in [0, 0.1) is 0 Å². The van der Waals surface area contributed by atoms with Crippen LogP contribution in [-0.4, -0.2) is 26.2 Å². The number of anilines is 1. The fourth-order valence-corrected chi connectivity index (χ4v) is 3.31. The Morgan fingerprint density at radius 2 is 1.80 bits per heavy atom. The minimum atomic E-state index is -3.27. The number of hydrogen-bond donors (Lipinski definition) is 1. The van der Waals surface area contributed by atoms with E-state index in [2.05, 4.69) is 5.32 Å². The van der Waals surface area contributed by atoms with Gasteiger partial charge in [-0.15, -0.1) is 0 Å². The van der Waals surface area contributed by atoms with Crippen LogP contribution in [-0.2, 0) is 14.6 Å². The van der Waals surface area contributed by atoms with Gasteiger partial charge >= 0.3 is 0 Å². The zero-order valence-electron chi connectivity index (χ0n) is 13.6. The van der Waals surface area contributed by atoms with Gasteiger partial charge in [0, 0.05) is 10.7 Å². The molecule has 0 bridgehead atoms. The topological polar surface area (TPSA) is 72.5 Å². The molecule has 0 aliphatic rings.